The summed E-state index contributed by atoms with van der Waals surface area (Å²) in [6, 6.07) is 9.63. The standard InChI is InChI=1S/C19H18ClFN4O2S/c1-2-26-17-7-12(9-23-25-19-24-18(22)11-28-19)3-6-16(17)27-10-13-4-5-14(21)8-15(13)20/h3-9,11H,2,10,22H2,1H3,(H,24,25). The molecule has 0 spiro atoms. The van der Waals surface area contributed by atoms with Gasteiger partial charge in [0.2, 0.25) is 5.13 Å². The molecule has 1 aromatic heterocycles. The van der Waals surface area contributed by atoms with Crippen LogP contribution in [-0.4, -0.2) is 17.8 Å². The highest BCUT2D eigenvalue weighted by Crippen LogP contribution is 2.30. The van der Waals surface area contributed by atoms with Crippen molar-refractivity contribution in [2.24, 2.45) is 5.10 Å². The molecule has 9 heteroatoms. The first-order chi connectivity index (χ1) is 13.5. The molecule has 28 heavy (non-hydrogen) atoms. The third kappa shape index (κ3) is 5.34. The topological polar surface area (TPSA) is 81.8 Å². The zero-order chi connectivity index (χ0) is 19.9. The number of nitrogen functional groups attached to an aromatic ring is 1. The summed E-state index contributed by atoms with van der Waals surface area (Å²) in [5, 5.41) is 6.79. The van der Waals surface area contributed by atoms with E-state index < -0.39 is 0 Å². The van der Waals surface area contributed by atoms with Crippen LogP contribution >= 0.6 is 22.9 Å². The molecular weight excluding hydrogens is 403 g/mol. The Bertz CT molecular complexity index is 980. The molecule has 0 unspecified atom stereocenters. The molecule has 3 N–H and O–H groups in total. The normalized spacial score (nSPS) is 11.0. The van der Waals surface area contributed by atoms with Gasteiger partial charge in [0.05, 0.1) is 17.8 Å². The van der Waals surface area contributed by atoms with Gasteiger partial charge in [-0.25, -0.2) is 9.37 Å². The number of nitrogens with two attached hydrogens (primary N) is 1. The van der Waals surface area contributed by atoms with Gasteiger partial charge in [-0.05, 0) is 42.8 Å². The molecule has 1 heterocycles. The molecular formula is C19H18ClFN4O2S. The highest BCUT2D eigenvalue weighted by Gasteiger charge is 2.09. The Labute approximate surface area is 170 Å². The van der Waals surface area contributed by atoms with Gasteiger partial charge in [0, 0.05) is 10.9 Å². The summed E-state index contributed by atoms with van der Waals surface area (Å²) in [5.74, 6) is 1.19. The fourth-order valence-corrected chi connectivity index (χ4v) is 3.06. The number of nitrogens with one attached hydrogen (secondary N) is 1. The summed E-state index contributed by atoms with van der Waals surface area (Å²) in [6.45, 7) is 2.56. The molecule has 0 aliphatic heterocycles. The molecule has 3 aromatic rings. The second kappa shape index (κ2) is 9.38. The fourth-order valence-electron chi connectivity index (χ4n) is 2.29. The van der Waals surface area contributed by atoms with Gasteiger partial charge < -0.3 is 15.2 Å². The molecule has 146 valence electrons. The number of ether oxygens (including phenoxy) is 2. The molecule has 0 aliphatic rings. The average molecular weight is 421 g/mol. The van der Waals surface area contributed by atoms with Crippen molar-refractivity contribution in [3.05, 3.63) is 63.7 Å². The molecule has 0 bridgehead atoms. The summed E-state index contributed by atoms with van der Waals surface area (Å²) >= 11 is 7.41. The first-order valence-electron chi connectivity index (χ1n) is 8.39. The Balaban J connectivity index is 1.69. The van der Waals surface area contributed by atoms with E-state index in [0.717, 1.165) is 5.56 Å². The van der Waals surface area contributed by atoms with Crippen molar-refractivity contribution in [2.45, 2.75) is 13.5 Å². The summed E-state index contributed by atoms with van der Waals surface area (Å²) in [6.07, 6.45) is 1.64. The van der Waals surface area contributed by atoms with Gasteiger partial charge in [-0.3, -0.25) is 5.43 Å². The maximum Gasteiger partial charge on any atom is 0.205 e. The van der Waals surface area contributed by atoms with Crippen LogP contribution in [0.1, 0.15) is 18.1 Å². The van der Waals surface area contributed by atoms with E-state index in [0.29, 0.717) is 39.6 Å². The van der Waals surface area contributed by atoms with Crippen LogP contribution < -0.4 is 20.6 Å². The van der Waals surface area contributed by atoms with E-state index in [9.17, 15) is 4.39 Å². The number of rotatable bonds is 8. The third-order valence-corrected chi connectivity index (χ3v) is 4.68. The molecule has 6 nitrogen and oxygen atoms in total. The van der Waals surface area contributed by atoms with Gasteiger partial charge in [-0.1, -0.05) is 17.7 Å². The summed E-state index contributed by atoms with van der Waals surface area (Å²) < 4.78 is 24.6. The van der Waals surface area contributed by atoms with Gasteiger partial charge in [-0.15, -0.1) is 11.3 Å². The zero-order valence-corrected chi connectivity index (χ0v) is 16.6. The summed E-state index contributed by atoms with van der Waals surface area (Å²) in [5.41, 5.74) is 9.88. The van der Waals surface area contributed by atoms with Crippen LogP contribution in [0, 0.1) is 5.82 Å². The maximum atomic E-state index is 13.2. The van der Waals surface area contributed by atoms with E-state index in [1.807, 2.05) is 19.1 Å². The maximum absolute atomic E-state index is 13.2. The molecule has 0 saturated carbocycles. The highest BCUT2D eigenvalue weighted by atomic mass is 35.5. The van der Waals surface area contributed by atoms with Crippen molar-refractivity contribution in [1.29, 1.82) is 0 Å². The number of anilines is 2. The van der Waals surface area contributed by atoms with Gasteiger partial charge in [-0.2, -0.15) is 5.10 Å². The summed E-state index contributed by atoms with van der Waals surface area (Å²) in [7, 11) is 0. The Morgan fingerprint density at radius 3 is 2.82 bits per heavy atom. The Morgan fingerprint density at radius 1 is 1.25 bits per heavy atom. The molecule has 0 fully saturated rings. The number of nitrogens with zero attached hydrogens (tertiary/aromatic N) is 2. The molecule has 0 atom stereocenters. The lowest BCUT2D eigenvalue weighted by molar-refractivity contribution is 0.269. The number of benzene rings is 2. The number of halogens is 2. The first kappa shape index (κ1) is 19.9. The fraction of sp³-hybridized carbons (Fsp3) is 0.158. The summed E-state index contributed by atoms with van der Waals surface area (Å²) in [4.78, 5) is 4.06. The van der Waals surface area contributed by atoms with Crippen LogP contribution in [0.5, 0.6) is 11.5 Å². The van der Waals surface area contributed by atoms with Gasteiger partial charge in [0.25, 0.3) is 0 Å². The molecule has 0 radical (unpaired) electrons. The molecule has 0 saturated heterocycles. The van der Waals surface area contributed by atoms with Crippen LogP contribution in [0.4, 0.5) is 15.3 Å². The minimum absolute atomic E-state index is 0.194. The van der Waals surface area contributed by atoms with E-state index >= 15 is 0 Å². The van der Waals surface area contributed by atoms with Crippen molar-refractivity contribution < 1.29 is 13.9 Å². The van der Waals surface area contributed by atoms with Crippen LogP contribution in [0.2, 0.25) is 5.02 Å². The minimum atomic E-state index is -0.388. The van der Waals surface area contributed by atoms with E-state index in [2.05, 4.69) is 15.5 Å². The number of hydrogen-bond donors (Lipinski definition) is 2. The second-order valence-corrected chi connectivity index (χ2v) is 6.88. The van der Waals surface area contributed by atoms with Gasteiger partial charge >= 0.3 is 0 Å². The molecule has 2 aromatic carbocycles. The van der Waals surface area contributed by atoms with Crippen molar-refractivity contribution in [3.8, 4) is 11.5 Å². The van der Waals surface area contributed by atoms with Crippen LogP contribution in [-0.2, 0) is 6.61 Å². The molecule has 0 amide bonds. The predicted octanol–water partition coefficient (Wildman–Crippen LogP) is 4.94. The Kier molecular flexibility index (Phi) is 6.67. The number of thiazole rings is 1. The molecule has 3 rings (SSSR count). The van der Waals surface area contributed by atoms with Gasteiger partial charge in [0.1, 0.15) is 18.2 Å². The Morgan fingerprint density at radius 2 is 2.11 bits per heavy atom. The lowest BCUT2D eigenvalue weighted by Crippen LogP contribution is -2.01. The van der Waals surface area contributed by atoms with Gasteiger partial charge in [0.15, 0.2) is 11.5 Å². The zero-order valence-electron chi connectivity index (χ0n) is 15.0. The number of aromatic nitrogens is 1. The quantitative estimate of drug-likeness (QED) is 0.398. The number of hydrazone groups is 1. The van der Waals surface area contributed by atoms with E-state index in [1.165, 1.54) is 23.5 Å². The largest absolute Gasteiger partial charge is 0.490 e. The monoisotopic (exact) mass is 420 g/mol. The van der Waals surface area contributed by atoms with E-state index in [1.54, 1.807) is 23.7 Å². The first-order valence-corrected chi connectivity index (χ1v) is 9.64. The minimum Gasteiger partial charge on any atom is -0.490 e. The predicted molar refractivity (Wildman–Crippen MR) is 111 cm³/mol. The van der Waals surface area contributed by atoms with Crippen molar-refractivity contribution in [1.82, 2.24) is 4.98 Å². The van der Waals surface area contributed by atoms with Crippen LogP contribution in [0.3, 0.4) is 0 Å². The Hall–Kier alpha value is -2.84. The molecule has 0 aliphatic carbocycles. The number of hydrogen-bond acceptors (Lipinski definition) is 7. The lowest BCUT2D eigenvalue weighted by atomic mass is 10.2. The van der Waals surface area contributed by atoms with E-state index in [-0.39, 0.29) is 12.4 Å². The van der Waals surface area contributed by atoms with Crippen LogP contribution in [0.25, 0.3) is 0 Å². The lowest BCUT2D eigenvalue weighted by Gasteiger charge is -2.13. The van der Waals surface area contributed by atoms with Crippen molar-refractivity contribution >= 4 is 40.1 Å². The SMILES string of the molecule is CCOc1cc(C=NNc2nc(N)cs2)ccc1OCc1ccc(F)cc1Cl. The second-order valence-electron chi connectivity index (χ2n) is 5.61. The highest BCUT2D eigenvalue weighted by molar-refractivity contribution is 7.14. The van der Waals surface area contributed by atoms with E-state index in [4.69, 9.17) is 26.8 Å². The average Bonchev–Trinajstić information content (AvgIpc) is 3.08. The van der Waals surface area contributed by atoms with Crippen molar-refractivity contribution in [3.63, 3.8) is 0 Å². The van der Waals surface area contributed by atoms with Crippen LogP contribution in [0.15, 0.2) is 46.9 Å². The third-order valence-electron chi connectivity index (χ3n) is 3.56. The smallest absolute Gasteiger partial charge is 0.205 e. The van der Waals surface area contributed by atoms with Crippen molar-refractivity contribution in [2.75, 3.05) is 17.8 Å².